The Bertz CT molecular complexity index is 1040. The Morgan fingerprint density at radius 2 is 2.00 bits per heavy atom. The fourth-order valence-electron chi connectivity index (χ4n) is 2.82. The van der Waals surface area contributed by atoms with E-state index in [9.17, 15) is 18.0 Å². The van der Waals surface area contributed by atoms with Gasteiger partial charge in [-0.2, -0.15) is 22.5 Å². The number of rotatable bonds is 3. The highest BCUT2D eigenvalue weighted by atomic mass is 32.1. The van der Waals surface area contributed by atoms with E-state index in [4.69, 9.17) is 9.90 Å². The molecule has 0 unspecified atom stereocenters. The molecule has 1 aliphatic heterocycles. The average Bonchev–Trinajstić information content (AvgIpc) is 3.32. The van der Waals surface area contributed by atoms with Crippen LogP contribution in [0, 0.1) is 0 Å². The maximum atomic E-state index is 12.4. The van der Waals surface area contributed by atoms with Crippen LogP contribution in [0.4, 0.5) is 13.2 Å². The molecule has 0 radical (unpaired) electrons. The summed E-state index contributed by atoms with van der Waals surface area (Å²) in [7, 11) is 0. The van der Waals surface area contributed by atoms with E-state index < -0.39 is 12.1 Å². The van der Waals surface area contributed by atoms with Crippen LogP contribution in [0.15, 0.2) is 40.5 Å². The van der Waals surface area contributed by atoms with Crippen molar-refractivity contribution >= 4 is 17.3 Å². The topological polar surface area (TPSA) is 102 Å². The van der Waals surface area contributed by atoms with E-state index >= 15 is 0 Å². The lowest BCUT2D eigenvalue weighted by Gasteiger charge is -2.20. The molecule has 154 valence electrons. The van der Waals surface area contributed by atoms with Crippen LogP contribution >= 0.6 is 11.3 Å². The van der Waals surface area contributed by atoms with Gasteiger partial charge in [-0.25, -0.2) is 9.59 Å². The van der Waals surface area contributed by atoms with Crippen molar-refractivity contribution in [2.75, 3.05) is 6.54 Å². The van der Waals surface area contributed by atoms with Gasteiger partial charge in [0, 0.05) is 6.54 Å². The van der Waals surface area contributed by atoms with E-state index in [-0.39, 0.29) is 5.69 Å². The smallest absolute Gasteiger partial charge is 0.475 e. The maximum Gasteiger partial charge on any atom is 0.490 e. The SMILES string of the molecule is O=C(O)C(F)(F)F.O=c1n(Cc2cccc3c2CCNC3)nnn1-c1cccs1. The third-order valence-corrected chi connectivity index (χ3v) is 5.00. The van der Waals surface area contributed by atoms with Gasteiger partial charge >= 0.3 is 17.8 Å². The minimum atomic E-state index is -5.08. The number of carboxylic acids is 1. The number of alkyl halides is 3. The third-order valence-electron chi connectivity index (χ3n) is 4.15. The van der Waals surface area contributed by atoms with Crippen molar-refractivity contribution in [2.24, 2.45) is 0 Å². The van der Waals surface area contributed by atoms with E-state index in [1.54, 1.807) is 0 Å². The van der Waals surface area contributed by atoms with Crippen LogP contribution in [0.1, 0.15) is 16.7 Å². The fraction of sp³-hybridized carbons (Fsp3) is 0.294. The van der Waals surface area contributed by atoms with Crippen LogP contribution in [0.2, 0.25) is 0 Å². The Morgan fingerprint density at radius 1 is 1.24 bits per heavy atom. The quantitative estimate of drug-likeness (QED) is 0.661. The summed E-state index contributed by atoms with van der Waals surface area (Å²) in [5.41, 5.74) is 3.59. The number of carbonyl (C=O) groups is 1. The largest absolute Gasteiger partial charge is 0.490 e. The lowest BCUT2D eigenvalue weighted by molar-refractivity contribution is -0.192. The van der Waals surface area contributed by atoms with Crippen LogP contribution in [0.5, 0.6) is 0 Å². The first kappa shape index (κ1) is 20.7. The van der Waals surface area contributed by atoms with Gasteiger partial charge in [-0.1, -0.05) is 18.2 Å². The summed E-state index contributed by atoms with van der Waals surface area (Å²) in [6.07, 6.45) is -4.10. The van der Waals surface area contributed by atoms with Crippen molar-refractivity contribution < 1.29 is 23.1 Å². The molecule has 1 aliphatic rings. The van der Waals surface area contributed by atoms with Gasteiger partial charge in [0.2, 0.25) is 0 Å². The van der Waals surface area contributed by atoms with Crippen molar-refractivity contribution in [3.63, 3.8) is 0 Å². The molecule has 8 nitrogen and oxygen atoms in total. The van der Waals surface area contributed by atoms with Gasteiger partial charge in [0.05, 0.1) is 6.54 Å². The summed E-state index contributed by atoms with van der Waals surface area (Å²) >= 11 is 1.47. The summed E-state index contributed by atoms with van der Waals surface area (Å²) in [6, 6.07) is 10.0. The number of halogens is 3. The zero-order valence-corrected chi connectivity index (χ0v) is 15.7. The lowest BCUT2D eigenvalue weighted by Crippen LogP contribution is -2.27. The summed E-state index contributed by atoms with van der Waals surface area (Å²) in [4.78, 5) is 21.3. The monoisotopic (exact) mass is 427 g/mol. The zero-order valence-electron chi connectivity index (χ0n) is 14.9. The van der Waals surface area contributed by atoms with Gasteiger partial charge in [-0.05, 0) is 57.6 Å². The molecule has 0 aliphatic carbocycles. The molecule has 0 amide bonds. The number of nitrogens with zero attached hydrogens (tertiary/aromatic N) is 4. The second kappa shape index (κ2) is 8.57. The first-order chi connectivity index (χ1) is 13.8. The van der Waals surface area contributed by atoms with Crippen LogP contribution < -0.4 is 11.0 Å². The van der Waals surface area contributed by atoms with Crippen LogP contribution in [-0.2, 0) is 24.3 Å². The molecular weight excluding hydrogens is 411 g/mol. The number of hydrogen-bond donors (Lipinski definition) is 2. The van der Waals surface area contributed by atoms with Crippen molar-refractivity contribution in [3.05, 3.63) is 62.9 Å². The molecule has 0 saturated carbocycles. The van der Waals surface area contributed by atoms with Crippen molar-refractivity contribution in [3.8, 4) is 5.00 Å². The highest BCUT2D eigenvalue weighted by Crippen LogP contribution is 2.19. The lowest BCUT2D eigenvalue weighted by atomic mass is 9.95. The molecule has 1 aromatic carbocycles. The highest BCUT2D eigenvalue weighted by molar-refractivity contribution is 7.12. The minimum Gasteiger partial charge on any atom is -0.475 e. The van der Waals surface area contributed by atoms with E-state index in [0.29, 0.717) is 6.54 Å². The third kappa shape index (κ3) is 4.90. The molecule has 29 heavy (non-hydrogen) atoms. The molecule has 0 fully saturated rings. The zero-order chi connectivity index (χ0) is 21.0. The number of benzene rings is 1. The maximum absolute atomic E-state index is 12.4. The van der Waals surface area contributed by atoms with Gasteiger partial charge in [-0.15, -0.1) is 11.3 Å². The Kier molecular flexibility index (Phi) is 6.13. The Balaban J connectivity index is 0.000000298. The number of tetrazole rings is 1. The van der Waals surface area contributed by atoms with Crippen molar-refractivity contribution in [2.45, 2.75) is 25.7 Å². The van der Waals surface area contributed by atoms with E-state index in [1.165, 1.54) is 31.8 Å². The molecule has 0 bridgehead atoms. The van der Waals surface area contributed by atoms with Gasteiger partial charge in [0.15, 0.2) is 0 Å². The Morgan fingerprint density at radius 3 is 2.66 bits per heavy atom. The normalized spacial score (nSPS) is 13.3. The predicted molar refractivity (Wildman–Crippen MR) is 98.1 cm³/mol. The summed E-state index contributed by atoms with van der Waals surface area (Å²) in [5, 5.41) is 21.2. The number of nitrogens with one attached hydrogen (secondary N) is 1. The number of aromatic nitrogens is 4. The first-order valence-corrected chi connectivity index (χ1v) is 9.32. The van der Waals surface area contributed by atoms with E-state index in [0.717, 1.165) is 30.1 Å². The molecule has 0 atom stereocenters. The molecule has 0 spiro atoms. The van der Waals surface area contributed by atoms with Gasteiger partial charge < -0.3 is 10.4 Å². The highest BCUT2D eigenvalue weighted by Gasteiger charge is 2.38. The molecule has 12 heteroatoms. The second-order valence-electron chi connectivity index (χ2n) is 6.07. The Labute approximate surface area is 166 Å². The van der Waals surface area contributed by atoms with Gasteiger partial charge in [0.25, 0.3) is 0 Å². The van der Waals surface area contributed by atoms with E-state index in [1.807, 2.05) is 23.6 Å². The predicted octanol–water partition coefficient (Wildman–Crippen LogP) is 1.82. The first-order valence-electron chi connectivity index (χ1n) is 8.44. The summed E-state index contributed by atoms with van der Waals surface area (Å²) in [5.74, 6) is -2.76. The number of thiophene rings is 1. The average molecular weight is 427 g/mol. The second-order valence-corrected chi connectivity index (χ2v) is 6.99. The number of hydrogen-bond acceptors (Lipinski definition) is 6. The molecular formula is C17H16F3N5O3S. The molecule has 4 rings (SSSR count). The van der Waals surface area contributed by atoms with Crippen molar-refractivity contribution in [1.29, 1.82) is 0 Å². The molecule has 3 heterocycles. The summed E-state index contributed by atoms with van der Waals surface area (Å²) < 4.78 is 34.5. The molecule has 3 aromatic rings. The molecule has 2 aromatic heterocycles. The van der Waals surface area contributed by atoms with Crippen LogP contribution in [-0.4, -0.2) is 43.6 Å². The Hall–Kier alpha value is -2.99. The standard InChI is InChI=1S/C15H15N5OS.C2HF3O2/c21-15-19(17-18-20(15)14-5-2-8-22-14)10-12-4-1-3-11-9-16-7-6-13(11)12;3-2(4,5)1(6)7/h1-5,8,16H,6-7,9-10H2;(H,6,7). The number of aliphatic carboxylic acids is 1. The van der Waals surface area contributed by atoms with Crippen molar-refractivity contribution in [1.82, 2.24) is 25.1 Å². The number of carboxylic acid groups (broad SMARTS) is 1. The minimum absolute atomic E-state index is 0.200. The van der Waals surface area contributed by atoms with E-state index in [2.05, 4.69) is 27.9 Å². The van der Waals surface area contributed by atoms with Gasteiger partial charge in [0.1, 0.15) is 5.00 Å². The fourth-order valence-corrected chi connectivity index (χ4v) is 3.49. The number of fused-ring (bicyclic) bond motifs is 1. The van der Waals surface area contributed by atoms with Crippen LogP contribution in [0.25, 0.3) is 5.00 Å². The summed E-state index contributed by atoms with van der Waals surface area (Å²) in [6.45, 7) is 2.33. The molecule has 0 saturated heterocycles. The molecule has 2 N–H and O–H groups in total. The van der Waals surface area contributed by atoms with Gasteiger partial charge in [-0.3, -0.25) is 0 Å². The van der Waals surface area contributed by atoms with Crippen LogP contribution in [0.3, 0.4) is 0 Å².